The number of anilines is 1. The number of nitrogens with one attached hydrogen (secondary N) is 1. The number of rotatable bonds is 7. The van der Waals surface area contributed by atoms with Gasteiger partial charge >= 0.3 is 12.1 Å². The van der Waals surface area contributed by atoms with Gasteiger partial charge in [-0.2, -0.15) is 13.2 Å². The van der Waals surface area contributed by atoms with E-state index in [1.165, 1.54) is 23.5 Å². The lowest BCUT2D eigenvalue weighted by atomic mass is 9.89. The van der Waals surface area contributed by atoms with Gasteiger partial charge in [-0.3, -0.25) is 9.59 Å². The van der Waals surface area contributed by atoms with E-state index in [1.54, 1.807) is 13.8 Å². The van der Waals surface area contributed by atoms with Gasteiger partial charge in [-0.25, -0.2) is 4.98 Å². The van der Waals surface area contributed by atoms with Crippen molar-refractivity contribution in [1.82, 2.24) is 9.88 Å². The van der Waals surface area contributed by atoms with Crippen molar-refractivity contribution >= 4 is 28.9 Å². The molecule has 1 amide bonds. The molecule has 3 aromatic rings. The largest absolute Gasteiger partial charge is 0.465 e. The average Bonchev–Trinajstić information content (AvgIpc) is 3.29. The van der Waals surface area contributed by atoms with Gasteiger partial charge < -0.3 is 15.0 Å². The van der Waals surface area contributed by atoms with Crippen molar-refractivity contribution in [2.75, 3.05) is 31.6 Å². The predicted octanol–water partition coefficient (Wildman–Crippen LogP) is 6.44. The Labute approximate surface area is 223 Å². The van der Waals surface area contributed by atoms with Crippen molar-refractivity contribution in [3.05, 3.63) is 69.7 Å². The Balaban J connectivity index is 1.47. The van der Waals surface area contributed by atoms with Crippen LogP contribution in [0.5, 0.6) is 0 Å². The summed E-state index contributed by atoms with van der Waals surface area (Å²) in [7, 11) is 0. The summed E-state index contributed by atoms with van der Waals surface area (Å²) in [6.07, 6.45) is -2.62. The number of likely N-dealkylation sites (tertiary alicyclic amines) is 1. The number of amides is 1. The second-order valence-corrected chi connectivity index (χ2v) is 10.3. The first kappa shape index (κ1) is 27.6. The van der Waals surface area contributed by atoms with E-state index in [9.17, 15) is 22.8 Å². The number of ether oxygens (including phenoxy) is 1. The summed E-state index contributed by atoms with van der Waals surface area (Å²) < 4.78 is 43.7. The average molecular weight is 546 g/mol. The number of carbonyl (C=O) groups is 2. The van der Waals surface area contributed by atoms with Crippen LogP contribution in [-0.2, 0) is 15.7 Å². The van der Waals surface area contributed by atoms with Crippen LogP contribution in [0.15, 0.2) is 42.5 Å². The first-order chi connectivity index (χ1) is 18.1. The molecule has 1 unspecified atom stereocenters. The molecule has 1 aliphatic rings. The Morgan fingerprint density at radius 2 is 1.89 bits per heavy atom. The zero-order valence-electron chi connectivity index (χ0n) is 21.5. The summed E-state index contributed by atoms with van der Waals surface area (Å²) in [5.41, 5.74) is 3.35. The lowest BCUT2D eigenvalue weighted by Gasteiger charge is -2.33. The SMILES string of the molecule is CCOC(=O)CNc1cc(C2CCCN(C(=O)c3sc(-c4ccc(C(F)(F)F)cc4)nc3C)C2)ccc1C. The van der Waals surface area contributed by atoms with Crippen molar-refractivity contribution in [3.63, 3.8) is 0 Å². The molecule has 1 saturated heterocycles. The highest BCUT2D eigenvalue weighted by Gasteiger charge is 2.31. The van der Waals surface area contributed by atoms with Crippen molar-refractivity contribution < 1.29 is 27.5 Å². The molecule has 0 saturated carbocycles. The molecule has 202 valence electrons. The minimum atomic E-state index is -4.40. The summed E-state index contributed by atoms with van der Waals surface area (Å²) in [6, 6.07) is 10.9. The molecule has 6 nitrogen and oxygen atoms in total. The Kier molecular flexibility index (Phi) is 8.40. The zero-order chi connectivity index (χ0) is 27.4. The number of aryl methyl sites for hydroxylation is 2. The van der Waals surface area contributed by atoms with E-state index in [0.717, 1.165) is 41.8 Å². The monoisotopic (exact) mass is 545 g/mol. The van der Waals surface area contributed by atoms with Crippen LogP contribution in [0.3, 0.4) is 0 Å². The number of benzene rings is 2. The second-order valence-electron chi connectivity index (χ2n) is 9.33. The number of nitrogens with zero attached hydrogens (tertiary/aromatic N) is 2. The lowest BCUT2D eigenvalue weighted by molar-refractivity contribution is -0.141. The highest BCUT2D eigenvalue weighted by Crippen LogP contribution is 2.35. The van der Waals surface area contributed by atoms with Crippen LogP contribution in [0.4, 0.5) is 18.9 Å². The van der Waals surface area contributed by atoms with Crippen LogP contribution in [0.25, 0.3) is 10.6 Å². The van der Waals surface area contributed by atoms with Gasteiger partial charge in [-0.15, -0.1) is 11.3 Å². The van der Waals surface area contributed by atoms with Gasteiger partial charge in [0, 0.05) is 30.3 Å². The van der Waals surface area contributed by atoms with Crippen LogP contribution < -0.4 is 5.32 Å². The molecule has 2 heterocycles. The predicted molar refractivity (Wildman–Crippen MR) is 141 cm³/mol. The van der Waals surface area contributed by atoms with Gasteiger partial charge in [0.15, 0.2) is 0 Å². The third-order valence-corrected chi connectivity index (χ3v) is 7.81. The van der Waals surface area contributed by atoms with Gasteiger partial charge in [0.05, 0.1) is 17.9 Å². The molecule has 1 fully saturated rings. The maximum atomic E-state index is 13.5. The Morgan fingerprint density at radius 3 is 2.58 bits per heavy atom. The molecule has 2 aromatic carbocycles. The molecular weight excluding hydrogens is 515 g/mol. The van der Waals surface area contributed by atoms with E-state index in [4.69, 9.17) is 4.74 Å². The summed E-state index contributed by atoms with van der Waals surface area (Å²) in [6.45, 7) is 7.07. The zero-order valence-corrected chi connectivity index (χ0v) is 22.3. The number of aromatic nitrogens is 1. The van der Waals surface area contributed by atoms with Gasteiger partial charge in [0.1, 0.15) is 16.4 Å². The highest BCUT2D eigenvalue weighted by molar-refractivity contribution is 7.17. The molecule has 0 aliphatic carbocycles. The van der Waals surface area contributed by atoms with Crippen molar-refractivity contribution in [3.8, 4) is 10.6 Å². The molecule has 1 N–H and O–H groups in total. The van der Waals surface area contributed by atoms with E-state index in [1.807, 2.05) is 24.0 Å². The number of thiazole rings is 1. The normalized spacial score (nSPS) is 15.8. The van der Waals surface area contributed by atoms with Gasteiger partial charge in [-0.1, -0.05) is 24.3 Å². The van der Waals surface area contributed by atoms with Crippen molar-refractivity contribution in [1.29, 1.82) is 0 Å². The number of piperidine rings is 1. The third kappa shape index (κ3) is 6.35. The highest BCUT2D eigenvalue weighted by atomic mass is 32.1. The van der Waals surface area contributed by atoms with Crippen LogP contribution in [0.1, 0.15) is 57.7 Å². The maximum Gasteiger partial charge on any atom is 0.416 e. The van der Waals surface area contributed by atoms with E-state index < -0.39 is 11.7 Å². The summed E-state index contributed by atoms with van der Waals surface area (Å²) in [5.74, 6) is -0.294. The van der Waals surface area contributed by atoms with Crippen molar-refractivity contribution in [2.24, 2.45) is 0 Å². The molecule has 10 heteroatoms. The van der Waals surface area contributed by atoms with Gasteiger partial charge in [-0.05, 0) is 62.9 Å². The van der Waals surface area contributed by atoms with Crippen LogP contribution in [0.2, 0.25) is 0 Å². The fourth-order valence-corrected chi connectivity index (χ4v) is 5.60. The van der Waals surface area contributed by atoms with Crippen LogP contribution in [0, 0.1) is 13.8 Å². The number of halogens is 3. The molecular formula is C28H30F3N3O3S. The van der Waals surface area contributed by atoms with Crippen LogP contribution in [-0.4, -0.2) is 48.0 Å². The first-order valence-electron chi connectivity index (χ1n) is 12.5. The molecule has 4 rings (SSSR count). The summed E-state index contributed by atoms with van der Waals surface area (Å²) >= 11 is 1.21. The molecule has 0 spiro atoms. The standard InChI is InChI=1S/C28H30F3N3O3S/c1-4-37-24(35)15-32-23-14-20(8-7-17(23)2)21-6-5-13-34(16-21)27(36)25-18(3)33-26(38-25)19-9-11-22(12-10-19)28(29,30)31/h7-12,14,21,32H,4-6,13,15-16H2,1-3H3. The summed E-state index contributed by atoms with van der Waals surface area (Å²) in [4.78, 5) is 32.0. The van der Waals surface area contributed by atoms with E-state index in [-0.39, 0.29) is 24.3 Å². The van der Waals surface area contributed by atoms with E-state index >= 15 is 0 Å². The van der Waals surface area contributed by atoms with Gasteiger partial charge in [0.25, 0.3) is 5.91 Å². The topological polar surface area (TPSA) is 71.5 Å². The number of hydrogen-bond donors (Lipinski definition) is 1. The van der Waals surface area contributed by atoms with E-state index in [2.05, 4.69) is 16.4 Å². The smallest absolute Gasteiger partial charge is 0.416 e. The molecule has 1 aliphatic heterocycles. The molecule has 1 atom stereocenters. The minimum absolute atomic E-state index is 0.0827. The number of alkyl halides is 3. The number of carbonyl (C=O) groups excluding carboxylic acids is 2. The maximum absolute atomic E-state index is 13.5. The first-order valence-corrected chi connectivity index (χ1v) is 13.3. The fourth-order valence-electron chi connectivity index (χ4n) is 4.56. The number of esters is 1. The van der Waals surface area contributed by atoms with Crippen molar-refractivity contribution in [2.45, 2.75) is 45.7 Å². The fraction of sp³-hybridized carbons (Fsp3) is 0.393. The third-order valence-electron chi connectivity index (χ3n) is 6.62. The number of hydrogen-bond acceptors (Lipinski definition) is 6. The Hall–Kier alpha value is -3.40. The Morgan fingerprint density at radius 1 is 1.16 bits per heavy atom. The molecule has 38 heavy (non-hydrogen) atoms. The Bertz CT molecular complexity index is 1300. The molecule has 0 bridgehead atoms. The molecule has 0 radical (unpaired) electrons. The minimum Gasteiger partial charge on any atom is -0.465 e. The lowest BCUT2D eigenvalue weighted by Crippen LogP contribution is -2.39. The van der Waals surface area contributed by atoms with Crippen LogP contribution >= 0.6 is 11.3 Å². The van der Waals surface area contributed by atoms with E-state index in [0.29, 0.717) is 40.8 Å². The summed E-state index contributed by atoms with van der Waals surface area (Å²) in [5, 5.41) is 3.67. The quantitative estimate of drug-likeness (QED) is 0.346. The second kappa shape index (κ2) is 11.6. The van der Waals surface area contributed by atoms with Gasteiger partial charge in [0.2, 0.25) is 0 Å². The molecule has 1 aromatic heterocycles.